The first kappa shape index (κ1) is 12.6. The van der Waals surface area contributed by atoms with Gasteiger partial charge in [-0.05, 0) is 12.5 Å². The number of hydrogen-bond donors (Lipinski definition) is 1. The van der Waals surface area contributed by atoms with Gasteiger partial charge in [0.15, 0.2) is 0 Å². The number of non-ortho nitro benzene ring substituents is 1. The summed E-state index contributed by atoms with van der Waals surface area (Å²) in [6, 6.07) is 5.07. The zero-order chi connectivity index (χ0) is 13.1. The minimum atomic E-state index is -0.367. The van der Waals surface area contributed by atoms with Gasteiger partial charge >= 0.3 is 0 Å². The second-order valence-electron chi connectivity index (χ2n) is 4.34. The van der Waals surface area contributed by atoms with Gasteiger partial charge in [-0.25, -0.2) is 0 Å². The molecule has 1 unspecified atom stereocenters. The largest absolute Gasteiger partial charge is 0.388 e. The van der Waals surface area contributed by atoms with Gasteiger partial charge in [0.25, 0.3) is 5.69 Å². The predicted octanol–water partition coefficient (Wildman–Crippen LogP) is 1.86. The zero-order valence-electron chi connectivity index (χ0n) is 10.5. The highest BCUT2D eigenvalue weighted by Crippen LogP contribution is 2.29. The number of anilines is 2. The summed E-state index contributed by atoms with van der Waals surface area (Å²) < 4.78 is 5.31. The van der Waals surface area contributed by atoms with Gasteiger partial charge in [-0.2, -0.15) is 0 Å². The molecule has 1 aliphatic heterocycles. The van der Waals surface area contributed by atoms with Crippen molar-refractivity contribution >= 4 is 17.1 Å². The van der Waals surface area contributed by atoms with Gasteiger partial charge in [0, 0.05) is 50.8 Å². The first-order chi connectivity index (χ1) is 8.63. The number of ether oxygens (including phenoxy) is 1. The minimum Gasteiger partial charge on any atom is -0.388 e. The normalized spacial score (nSPS) is 19.0. The van der Waals surface area contributed by atoms with Crippen LogP contribution in [-0.2, 0) is 4.74 Å². The molecule has 0 radical (unpaired) electrons. The maximum Gasteiger partial charge on any atom is 0.273 e. The molecule has 0 saturated carbocycles. The number of nitro groups is 1. The number of rotatable bonds is 4. The van der Waals surface area contributed by atoms with E-state index in [0.29, 0.717) is 0 Å². The van der Waals surface area contributed by atoms with Crippen molar-refractivity contribution in [1.29, 1.82) is 0 Å². The lowest BCUT2D eigenvalue weighted by Crippen LogP contribution is -2.22. The summed E-state index contributed by atoms with van der Waals surface area (Å²) >= 11 is 0. The molecule has 0 bridgehead atoms. The molecule has 6 nitrogen and oxygen atoms in total. The first-order valence-electron chi connectivity index (χ1n) is 5.89. The van der Waals surface area contributed by atoms with E-state index < -0.39 is 0 Å². The van der Waals surface area contributed by atoms with Crippen LogP contribution in [0.4, 0.5) is 17.1 Å². The molecule has 2 rings (SSSR count). The van der Waals surface area contributed by atoms with Crippen molar-refractivity contribution in [3.8, 4) is 0 Å². The van der Waals surface area contributed by atoms with Crippen molar-refractivity contribution in [3.05, 3.63) is 28.3 Å². The van der Waals surface area contributed by atoms with Crippen LogP contribution in [-0.4, -0.2) is 38.3 Å². The number of nitrogens with one attached hydrogen (secondary N) is 1. The van der Waals surface area contributed by atoms with Crippen molar-refractivity contribution < 1.29 is 9.66 Å². The molecule has 1 atom stereocenters. The van der Waals surface area contributed by atoms with Crippen LogP contribution in [0.3, 0.4) is 0 Å². The fourth-order valence-corrected chi connectivity index (χ4v) is 2.18. The van der Waals surface area contributed by atoms with E-state index in [-0.39, 0.29) is 16.7 Å². The molecule has 98 valence electrons. The molecule has 1 heterocycles. The topological polar surface area (TPSA) is 67.6 Å². The van der Waals surface area contributed by atoms with E-state index >= 15 is 0 Å². The smallest absolute Gasteiger partial charge is 0.273 e. The lowest BCUT2D eigenvalue weighted by atomic mass is 10.2. The highest BCUT2D eigenvalue weighted by atomic mass is 16.6. The standard InChI is InChI=1S/C12H17N3O3/c1-13-9-5-10(7-11(6-9)15(16)17)14-4-3-12(8-14)18-2/h5-7,12-13H,3-4,8H2,1-2H3. The number of nitrogens with zero attached hydrogens (tertiary/aromatic N) is 2. The van der Waals surface area contributed by atoms with Crippen LogP contribution < -0.4 is 10.2 Å². The van der Waals surface area contributed by atoms with E-state index in [1.807, 2.05) is 6.07 Å². The summed E-state index contributed by atoms with van der Waals surface area (Å²) in [5.74, 6) is 0. The van der Waals surface area contributed by atoms with E-state index in [2.05, 4.69) is 10.2 Å². The summed E-state index contributed by atoms with van der Waals surface area (Å²) in [5, 5.41) is 13.8. The van der Waals surface area contributed by atoms with Crippen molar-refractivity contribution in [3.63, 3.8) is 0 Å². The highest BCUT2D eigenvalue weighted by molar-refractivity contribution is 5.64. The van der Waals surface area contributed by atoms with Gasteiger partial charge in [0.05, 0.1) is 11.0 Å². The van der Waals surface area contributed by atoms with Crippen LogP contribution in [0.2, 0.25) is 0 Å². The van der Waals surface area contributed by atoms with Gasteiger partial charge in [-0.15, -0.1) is 0 Å². The van der Waals surface area contributed by atoms with E-state index in [0.717, 1.165) is 30.9 Å². The van der Waals surface area contributed by atoms with Crippen molar-refractivity contribution in [2.24, 2.45) is 0 Å². The van der Waals surface area contributed by atoms with Gasteiger partial charge in [0.2, 0.25) is 0 Å². The SMILES string of the molecule is CNc1cc(N2CCC(OC)C2)cc([N+](=O)[O-])c1. The maximum absolute atomic E-state index is 10.9. The minimum absolute atomic E-state index is 0.109. The summed E-state index contributed by atoms with van der Waals surface area (Å²) in [7, 11) is 3.45. The third-order valence-electron chi connectivity index (χ3n) is 3.25. The van der Waals surface area contributed by atoms with E-state index in [4.69, 9.17) is 4.74 Å². The third kappa shape index (κ3) is 2.53. The Kier molecular flexibility index (Phi) is 3.66. The highest BCUT2D eigenvalue weighted by Gasteiger charge is 2.23. The molecule has 0 spiro atoms. The van der Waals surface area contributed by atoms with Crippen molar-refractivity contribution in [1.82, 2.24) is 0 Å². The van der Waals surface area contributed by atoms with Gasteiger partial charge in [0.1, 0.15) is 0 Å². The first-order valence-corrected chi connectivity index (χ1v) is 5.89. The molecule has 1 N–H and O–H groups in total. The molecule has 0 aliphatic carbocycles. The van der Waals surface area contributed by atoms with Crippen LogP contribution in [0.5, 0.6) is 0 Å². The number of hydrogen-bond acceptors (Lipinski definition) is 5. The average Bonchev–Trinajstić information content (AvgIpc) is 2.86. The molecule has 1 aromatic carbocycles. The molecule has 0 aromatic heterocycles. The molecular formula is C12H17N3O3. The Hall–Kier alpha value is -1.82. The lowest BCUT2D eigenvalue weighted by molar-refractivity contribution is -0.384. The Morgan fingerprint density at radius 2 is 2.28 bits per heavy atom. The Labute approximate surface area is 106 Å². The van der Waals surface area contributed by atoms with Crippen LogP contribution >= 0.6 is 0 Å². The molecule has 18 heavy (non-hydrogen) atoms. The van der Waals surface area contributed by atoms with Crippen LogP contribution in [0.25, 0.3) is 0 Å². The maximum atomic E-state index is 10.9. The quantitative estimate of drug-likeness (QED) is 0.653. The average molecular weight is 251 g/mol. The predicted molar refractivity (Wildman–Crippen MR) is 70.3 cm³/mol. The van der Waals surface area contributed by atoms with Gasteiger partial charge in [-0.3, -0.25) is 10.1 Å². The summed E-state index contributed by atoms with van der Waals surface area (Å²) in [5.41, 5.74) is 1.73. The fraction of sp³-hybridized carbons (Fsp3) is 0.500. The van der Waals surface area contributed by atoms with Crippen LogP contribution in [0.1, 0.15) is 6.42 Å². The second kappa shape index (κ2) is 5.22. The molecule has 1 aromatic rings. The van der Waals surface area contributed by atoms with Crippen LogP contribution in [0.15, 0.2) is 18.2 Å². The summed E-state index contributed by atoms with van der Waals surface area (Å²) in [4.78, 5) is 12.6. The van der Waals surface area contributed by atoms with Crippen LogP contribution in [0, 0.1) is 10.1 Å². The zero-order valence-corrected chi connectivity index (χ0v) is 10.5. The molecule has 6 heteroatoms. The Balaban J connectivity index is 2.27. The monoisotopic (exact) mass is 251 g/mol. The van der Waals surface area contributed by atoms with Crippen molar-refractivity contribution in [2.75, 3.05) is 37.5 Å². The van der Waals surface area contributed by atoms with E-state index in [9.17, 15) is 10.1 Å². The Bertz CT molecular complexity index is 450. The van der Waals surface area contributed by atoms with Crippen molar-refractivity contribution in [2.45, 2.75) is 12.5 Å². The Morgan fingerprint density at radius 3 is 2.83 bits per heavy atom. The molecule has 1 aliphatic rings. The molecule has 1 saturated heterocycles. The number of benzene rings is 1. The Morgan fingerprint density at radius 1 is 1.50 bits per heavy atom. The van der Waals surface area contributed by atoms with Gasteiger partial charge < -0.3 is 15.0 Å². The number of nitro benzene ring substituents is 1. The van der Waals surface area contributed by atoms with E-state index in [1.54, 1.807) is 20.2 Å². The second-order valence-corrected chi connectivity index (χ2v) is 4.34. The number of methoxy groups -OCH3 is 1. The summed E-state index contributed by atoms with van der Waals surface area (Å²) in [6.45, 7) is 1.64. The third-order valence-corrected chi connectivity index (χ3v) is 3.25. The fourth-order valence-electron chi connectivity index (χ4n) is 2.18. The molecule has 1 fully saturated rings. The van der Waals surface area contributed by atoms with Gasteiger partial charge in [-0.1, -0.05) is 0 Å². The summed E-state index contributed by atoms with van der Waals surface area (Å²) in [6.07, 6.45) is 1.16. The molecular weight excluding hydrogens is 234 g/mol. The van der Waals surface area contributed by atoms with E-state index in [1.165, 1.54) is 6.07 Å². The lowest BCUT2D eigenvalue weighted by Gasteiger charge is -2.19. The molecule has 0 amide bonds.